The normalized spacial score (nSPS) is 29.7. The summed E-state index contributed by atoms with van der Waals surface area (Å²) in [6, 6.07) is 12.2. The maximum absolute atomic E-state index is 14.6. The summed E-state index contributed by atoms with van der Waals surface area (Å²) >= 11 is 0. The summed E-state index contributed by atoms with van der Waals surface area (Å²) in [5, 5.41) is 7.17. The number of nitrogens with one attached hydrogen (secondary N) is 2. The van der Waals surface area contributed by atoms with Gasteiger partial charge in [0, 0.05) is 51.5 Å². The van der Waals surface area contributed by atoms with Crippen LogP contribution in [-0.4, -0.2) is 71.5 Å². The van der Waals surface area contributed by atoms with E-state index in [1.807, 2.05) is 19.1 Å². The monoisotopic (exact) mass is 714 g/mol. The highest BCUT2D eigenvalue weighted by atomic mass is 32.2. The minimum absolute atomic E-state index is 0.00471. The quantitative estimate of drug-likeness (QED) is 0.323. The van der Waals surface area contributed by atoms with Crippen molar-refractivity contribution in [1.82, 2.24) is 14.5 Å². The number of benzene rings is 2. The first-order valence-electron chi connectivity index (χ1n) is 18.1. The van der Waals surface area contributed by atoms with Crippen molar-refractivity contribution in [2.75, 3.05) is 49.8 Å². The van der Waals surface area contributed by atoms with Crippen molar-refractivity contribution >= 4 is 33.2 Å². The topological polar surface area (TPSA) is 127 Å². The third-order valence-corrected chi connectivity index (χ3v) is 13.3. The lowest BCUT2D eigenvalue weighted by Crippen LogP contribution is -2.49. The molecule has 0 radical (unpaired) electrons. The molecule has 0 saturated heterocycles. The molecule has 2 aliphatic heterocycles. The van der Waals surface area contributed by atoms with E-state index in [1.54, 1.807) is 33.5 Å². The number of carbonyl (C=O) groups is 2. The molecule has 11 nitrogen and oxygen atoms in total. The number of carbonyl (C=O) groups excluding carboxylic acids is 2. The number of amides is 2. The molecule has 4 aliphatic rings. The van der Waals surface area contributed by atoms with Crippen molar-refractivity contribution in [2.45, 2.75) is 63.9 Å². The molecule has 1 spiro atoms. The number of methoxy groups -OCH3 is 1. The Kier molecular flexibility index (Phi) is 9.75. The summed E-state index contributed by atoms with van der Waals surface area (Å²) in [5.41, 5.74) is 5.17. The predicted molar refractivity (Wildman–Crippen MR) is 200 cm³/mol. The lowest BCUT2D eigenvalue weighted by atomic mass is 9.68. The summed E-state index contributed by atoms with van der Waals surface area (Å²) in [6.45, 7) is 6.20. The van der Waals surface area contributed by atoms with Crippen molar-refractivity contribution in [3.63, 3.8) is 0 Å². The average Bonchev–Trinajstić information content (AvgIpc) is 3.40. The van der Waals surface area contributed by atoms with Gasteiger partial charge in [-0.15, -0.1) is 4.36 Å². The molecule has 1 unspecified atom stereocenters. The van der Waals surface area contributed by atoms with E-state index < -0.39 is 21.7 Å². The Labute approximate surface area is 301 Å². The zero-order valence-electron chi connectivity index (χ0n) is 30.3. The third kappa shape index (κ3) is 7.04. The van der Waals surface area contributed by atoms with Gasteiger partial charge in [0.15, 0.2) is 5.82 Å². The molecular weight excluding hydrogens is 665 g/mol. The molecule has 2 amide bonds. The Morgan fingerprint density at radius 2 is 2.02 bits per heavy atom. The van der Waals surface area contributed by atoms with Crippen LogP contribution in [0.4, 0.5) is 11.5 Å². The van der Waals surface area contributed by atoms with Crippen LogP contribution in [0.1, 0.15) is 76.4 Å². The first kappa shape index (κ1) is 35.3. The van der Waals surface area contributed by atoms with Gasteiger partial charge < -0.3 is 19.7 Å². The largest absolute Gasteiger partial charge is 0.490 e. The molecule has 7 rings (SSSR count). The van der Waals surface area contributed by atoms with Gasteiger partial charge in [-0.2, -0.15) is 5.10 Å². The van der Waals surface area contributed by atoms with Crippen LogP contribution >= 0.6 is 0 Å². The second-order valence-electron chi connectivity index (χ2n) is 15.1. The Balaban J connectivity index is 1.31. The van der Waals surface area contributed by atoms with Crippen LogP contribution in [-0.2, 0) is 33.5 Å². The van der Waals surface area contributed by atoms with Crippen LogP contribution in [0.25, 0.3) is 0 Å². The van der Waals surface area contributed by atoms with Crippen molar-refractivity contribution in [2.24, 2.45) is 29.2 Å². The molecule has 1 saturated carbocycles. The molecule has 2 aliphatic carbocycles. The van der Waals surface area contributed by atoms with Gasteiger partial charge in [-0.05, 0) is 92.5 Å². The van der Waals surface area contributed by atoms with Gasteiger partial charge in [0.1, 0.15) is 21.2 Å². The number of nitrogens with zero attached hydrogens (tertiary/aromatic N) is 4. The van der Waals surface area contributed by atoms with Crippen molar-refractivity contribution in [1.29, 1.82) is 0 Å². The van der Waals surface area contributed by atoms with Gasteiger partial charge >= 0.3 is 0 Å². The van der Waals surface area contributed by atoms with Gasteiger partial charge in [-0.25, -0.2) is 4.21 Å². The van der Waals surface area contributed by atoms with Crippen LogP contribution in [0, 0.1) is 24.7 Å². The molecule has 2 bridgehead atoms. The maximum atomic E-state index is 14.6. The Morgan fingerprint density at radius 1 is 1.18 bits per heavy atom. The number of ether oxygens (including phenoxy) is 2. The fourth-order valence-electron chi connectivity index (χ4n) is 8.57. The summed E-state index contributed by atoms with van der Waals surface area (Å²) in [4.78, 5) is 30.0. The van der Waals surface area contributed by atoms with Crippen LogP contribution in [0.5, 0.6) is 5.75 Å². The van der Waals surface area contributed by atoms with E-state index in [1.165, 1.54) is 21.4 Å². The molecule has 12 heteroatoms. The van der Waals surface area contributed by atoms with Crippen molar-refractivity contribution < 1.29 is 23.3 Å². The number of aromatic nitrogens is 2. The minimum Gasteiger partial charge on any atom is -0.490 e. The predicted octanol–water partition coefficient (Wildman–Crippen LogP) is 5.83. The zero-order chi connectivity index (χ0) is 35.9. The highest BCUT2D eigenvalue weighted by Gasteiger charge is 2.44. The van der Waals surface area contributed by atoms with Crippen LogP contribution in [0.2, 0.25) is 0 Å². The Hall–Kier alpha value is -4.16. The fraction of sp³-hybridized carbons (Fsp3) is 0.513. The first-order valence-corrected chi connectivity index (χ1v) is 19.8. The summed E-state index contributed by atoms with van der Waals surface area (Å²) in [5.74, 6) is 0.405. The third-order valence-electron chi connectivity index (χ3n) is 11.3. The number of allylic oxidation sites excluding steroid dienone is 1. The van der Waals surface area contributed by atoms with Crippen LogP contribution in [0.3, 0.4) is 0 Å². The van der Waals surface area contributed by atoms with Gasteiger partial charge in [0.05, 0.1) is 24.2 Å². The highest BCUT2D eigenvalue weighted by Crippen LogP contribution is 2.47. The molecule has 6 atom stereocenters. The average molecular weight is 715 g/mol. The number of hydrogen-bond acceptors (Lipinski definition) is 8. The second-order valence-corrected chi connectivity index (χ2v) is 17.1. The summed E-state index contributed by atoms with van der Waals surface area (Å²) in [6.07, 6.45) is 11.6. The van der Waals surface area contributed by atoms with Gasteiger partial charge in [-0.1, -0.05) is 42.8 Å². The molecular formula is C39H50N6O5S. The summed E-state index contributed by atoms with van der Waals surface area (Å²) in [7, 11) is 1.58. The van der Waals surface area contributed by atoms with E-state index in [-0.39, 0.29) is 28.8 Å². The molecule has 2 N–H and O–H groups in total. The highest BCUT2D eigenvalue weighted by molar-refractivity contribution is 7.92. The van der Waals surface area contributed by atoms with E-state index in [4.69, 9.17) is 9.47 Å². The van der Waals surface area contributed by atoms with E-state index in [0.29, 0.717) is 36.2 Å². The lowest BCUT2D eigenvalue weighted by Gasteiger charge is -2.46. The minimum atomic E-state index is -3.56. The van der Waals surface area contributed by atoms with E-state index >= 15 is 0 Å². The summed E-state index contributed by atoms with van der Waals surface area (Å²) < 4.78 is 35.8. The SMILES string of the molecule is CNc1nn(C)cc1C(=O)NS1(=O)=NC(=O)c2ccc3c(c2)N(C[C@@H]2CC[C@H]2[C@@H](OC)/C=C/C[C@H](C)C1)C[C@@]1(CCCc2cc(C)ccc21)CO3. The number of fused-ring (bicyclic) bond motifs is 4. The Bertz CT molecular complexity index is 1980. The number of rotatable bonds is 4. The van der Waals surface area contributed by atoms with Gasteiger partial charge in [0.25, 0.3) is 11.8 Å². The van der Waals surface area contributed by atoms with E-state index in [2.05, 4.69) is 61.7 Å². The molecule has 3 heterocycles. The fourth-order valence-corrected chi connectivity index (χ4v) is 10.5. The first-order chi connectivity index (χ1) is 24.5. The standard InChI is InChI=1S/C39H50N6O5S/c1-25-11-15-32-27(18-25)9-7-17-39(32)23-45-20-29-12-14-30(29)34(49-5)10-6-8-26(2)22-51(48,43-38(47)31-21-44(4)41-36(31)40-3)42-37(46)28-13-16-35(50-24-39)33(45)19-28/h6,10-11,13,15-16,18-19,21,26,29-30,34H,7-9,12,14,17,20,22-24H2,1-5H3,(H,40,41)(H,42,43,46,47,48)/b10-6+/t26-,29-,30+,34-,39-,51?/m0/s1. The number of aryl methyl sites for hydroxylation is 3. The van der Waals surface area contributed by atoms with Gasteiger partial charge in [-0.3, -0.25) is 19.0 Å². The molecule has 51 heavy (non-hydrogen) atoms. The zero-order valence-corrected chi connectivity index (χ0v) is 31.1. The van der Waals surface area contributed by atoms with Gasteiger partial charge in [0.2, 0.25) is 0 Å². The molecule has 1 aromatic heterocycles. The molecule has 1 fully saturated rings. The molecule has 2 aromatic carbocycles. The van der Waals surface area contributed by atoms with Crippen LogP contribution < -0.4 is 19.7 Å². The maximum Gasteiger partial charge on any atom is 0.286 e. The van der Waals surface area contributed by atoms with E-state index in [9.17, 15) is 13.8 Å². The smallest absolute Gasteiger partial charge is 0.286 e. The van der Waals surface area contributed by atoms with E-state index in [0.717, 1.165) is 56.6 Å². The second kappa shape index (κ2) is 14.1. The molecule has 3 aromatic rings. The number of anilines is 2. The van der Waals surface area contributed by atoms with Crippen LogP contribution in [0.15, 0.2) is 59.1 Å². The number of hydrogen-bond donors (Lipinski definition) is 2. The van der Waals surface area contributed by atoms with Crippen molar-refractivity contribution in [3.05, 3.63) is 82.6 Å². The Morgan fingerprint density at radius 3 is 2.78 bits per heavy atom. The lowest BCUT2D eigenvalue weighted by molar-refractivity contribution is 0.0131. The molecule has 272 valence electrons. The van der Waals surface area contributed by atoms with Crippen molar-refractivity contribution in [3.8, 4) is 5.75 Å².